The third kappa shape index (κ3) is 2.48. The minimum absolute atomic E-state index is 0.476. The van der Waals surface area contributed by atoms with Crippen LogP contribution in [0, 0.1) is 0 Å². The van der Waals surface area contributed by atoms with Gasteiger partial charge in [-0.1, -0.05) is 12.8 Å². The molecule has 3 rings (SSSR count). The molecular weight excluding hydrogens is 228 g/mol. The summed E-state index contributed by atoms with van der Waals surface area (Å²) < 4.78 is 11.1. The van der Waals surface area contributed by atoms with Gasteiger partial charge in [-0.25, -0.2) is 4.98 Å². The summed E-state index contributed by atoms with van der Waals surface area (Å²) in [5.74, 6) is 0.872. The van der Waals surface area contributed by atoms with Gasteiger partial charge in [-0.3, -0.25) is 0 Å². The number of nitrogens with zero attached hydrogens (tertiary/aromatic N) is 1. The average molecular weight is 246 g/mol. The van der Waals surface area contributed by atoms with Crippen molar-refractivity contribution in [2.45, 2.75) is 31.8 Å². The lowest BCUT2D eigenvalue weighted by atomic mass is 10.3. The lowest BCUT2D eigenvalue weighted by Crippen LogP contribution is -2.15. The second-order valence-corrected chi connectivity index (χ2v) is 4.70. The summed E-state index contributed by atoms with van der Waals surface area (Å²) in [6.45, 7) is 1.52. The van der Waals surface area contributed by atoms with Crippen LogP contribution in [0.3, 0.4) is 0 Å². The van der Waals surface area contributed by atoms with Crippen molar-refractivity contribution in [1.29, 1.82) is 0 Å². The van der Waals surface area contributed by atoms with Crippen LogP contribution in [0.2, 0.25) is 0 Å². The zero-order valence-corrected chi connectivity index (χ0v) is 10.4. The Labute approximate surface area is 106 Å². The fraction of sp³-hybridized carbons (Fsp3) is 0.500. The maximum absolute atomic E-state index is 5.80. The average Bonchev–Trinajstić information content (AvgIpc) is 3.05. The van der Waals surface area contributed by atoms with E-state index in [1.54, 1.807) is 12.5 Å². The number of pyridine rings is 1. The number of nitrogens with one attached hydrogen (secondary N) is 1. The van der Waals surface area contributed by atoms with Crippen molar-refractivity contribution in [2.24, 2.45) is 0 Å². The highest BCUT2D eigenvalue weighted by Crippen LogP contribution is 2.22. The van der Waals surface area contributed by atoms with Crippen LogP contribution in [0.25, 0.3) is 11.0 Å². The van der Waals surface area contributed by atoms with Crippen molar-refractivity contribution in [3.05, 3.63) is 24.6 Å². The summed E-state index contributed by atoms with van der Waals surface area (Å²) in [5, 5.41) is 4.33. The van der Waals surface area contributed by atoms with Crippen LogP contribution in [-0.4, -0.2) is 24.2 Å². The molecule has 4 nitrogen and oxygen atoms in total. The van der Waals surface area contributed by atoms with Gasteiger partial charge in [0.05, 0.1) is 24.4 Å². The first-order valence-electron chi connectivity index (χ1n) is 6.61. The van der Waals surface area contributed by atoms with E-state index in [4.69, 9.17) is 9.15 Å². The number of ether oxygens (including phenoxy) is 1. The molecule has 0 aliphatic heterocycles. The van der Waals surface area contributed by atoms with E-state index in [2.05, 4.69) is 10.3 Å². The molecule has 0 amide bonds. The van der Waals surface area contributed by atoms with Crippen molar-refractivity contribution in [3.63, 3.8) is 0 Å². The molecule has 1 saturated carbocycles. The van der Waals surface area contributed by atoms with Crippen LogP contribution < -0.4 is 5.32 Å². The van der Waals surface area contributed by atoms with E-state index < -0.39 is 0 Å². The SMILES string of the molecule is c1cc2occc2c(NCCOC2CCCC2)n1. The highest BCUT2D eigenvalue weighted by atomic mass is 16.5. The van der Waals surface area contributed by atoms with Crippen molar-refractivity contribution in [2.75, 3.05) is 18.5 Å². The van der Waals surface area contributed by atoms with Gasteiger partial charge in [0, 0.05) is 12.7 Å². The number of hydrogen-bond acceptors (Lipinski definition) is 4. The molecule has 1 N–H and O–H groups in total. The van der Waals surface area contributed by atoms with Crippen molar-refractivity contribution < 1.29 is 9.15 Å². The first-order chi connectivity index (χ1) is 8.93. The van der Waals surface area contributed by atoms with E-state index in [0.29, 0.717) is 6.10 Å². The van der Waals surface area contributed by atoms with Gasteiger partial charge < -0.3 is 14.5 Å². The fourth-order valence-corrected chi connectivity index (χ4v) is 2.49. The molecule has 0 aromatic carbocycles. The molecule has 0 spiro atoms. The topological polar surface area (TPSA) is 47.3 Å². The van der Waals surface area contributed by atoms with E-state index in [9.17, 15) is 0 Å². The second-order valence-electron chi connectivity index (χ2n) is 4.70. The Morgan fingerprint density at radius 2 is 2.22 bits per heavy atom. The highest BCUT2D eigenvalue weighted by Gasteiger charge is 2.14. The minimum atomic E-state index is 0.476. The maximum atomic E-state index is 5.80. The van der Waals surface area contributed by atoms with Gasteiger partial charge in [0.2, 0.25) is 0 Å². The fourth-order valence-electron chi connectivity index (χ4n) is 2.49. The summed E-state index contributed by atoms with van der Waals surface area (Å²) in [6.07, 6.45) is 8.98. The largest absolute Gasteiger partial charge is 0.464 e. The van der Waals surface area contributed by atoms with Crippen LogP contribution in [0.15, 0.2) is 29.0 Å². The van der Waals surface area contributed by atoms with Gasteiger partial charge in [-0.15, -0.1) is 0 Å². The van der Waals surface area contributed by atoms with E-state index in [0.717, 1.165) is 29.9 Å². The molecule has 2 aromatic rings. The first-order valence-corrected chi connectivity index (χ1v) is 6.61. The predicted octanol–water partition coefficient (Wildman–Crippen LogP) is 3.20. The van der Waals surface area contributed by atoms with Gasteiger partial charge in [0.25, 0.3) is 0 Å². The lowest BCUT2D eigenvalue weighted by molar-refractivity contribution is 0.0659. The maximum Gasteiger partial charge on any atom is 0.139 e. The molecule has 0 atom stereocenters. The minimum Gasteiger partial charge on any atom is -0.464 e. The highest BCUT2D eigenvalue weighted by molar-refractivity contribution is 5.87. The van der Waals surface area contributed by atoms with E-state index in [1.807, 2.05) is 12.1 Å². The standard InChI is InChI=1S/C14H18N2O2/c1-2-4-11(3-1)17-10-8-16-14-12-6-9-18-13(12)5-7-15-14/h5-7,9,11H,1-4,8,10H2,(H,15,16). The summed E-state index contributed by atoms with van der Waals surface area (Å²) in [7, 11) is 0. The number of furan rings is 1. The molecule has 1 aliphatic rings. The number of fused-ring (bicyclic) bond motifs is 1. The number of anilines is 1. The molecule has 0 radical (unpaired) electrons. The number of aromatic nitrogens is 1. The first kappa shape index (κ1) is 11.5. The molecule has 0 saturated heterocycles. The van der Waals surface area contributed by atoms with Crippen molar-refractivity contribution in [1.82, 2.24) is 4.98 Å². The Balaban J connectivity index is 1.51. The second kappa shape index (κ2) is 5.40. The van der Waals surface area contributed by atoms with Gasteiger partial charge in [0.1, 0.15) is 11.4 Å². The Morgan fingerprint density at radius 1 is 1.33 bits per heavy atom. The smallest absolute Gasteiger partial charge is 0.139 e. The summed E-state index contributed by atoms with van der Waals surface area (Å²) in [6, 6.07) is 3.80. The summed E-state index contributed by atoms with van der Waals surface area (Å²) >= 11 is 0. The van der Waals surface area contributed by atoms with Gasteiger partial charge in [-0.2, -0.15) is 0 Å². The molecule has 1 fully saturated rings. The zero-order valence-electron chi connectivity index (χ0n) is 10.4. The quantitative estimate of drug-likeness (QED) is 0.823. The Bertz CT molecular complexity index is 503. The molecule has 0 unspecified atom stereocenters. The third-order valence-corrected chi connectivity index (χ3v) is 3.43. The van der Waals surface area contributed by atoms with Crippen LogP contribution >= 0.6 is 0 Å². The van der Waals surface area contributed by atoms with Crippen LogP contribution in [0.1, 0.15) is 25.7 Å². The van der Waals surface area contributed by atoms with E-state index >= 15 is 0 Å². The van der Waals surface area contributed by atoms with Crippen LogP contribution in [0.5, 0.6) is 0 Å². The molecule has 2 heterocycles. The predicted molar refractivity (Wildman–Crippen MR) is 70.7 cm³/mol. The molecule has 4 heteroatoms. The summed E-state index contributed by atoms with van der Waals surface area (Å²) in [5.41, 5.74) is 0.865. The van der Waals surface area contributed by atoms with Crippen molar-refractivity contribution >= 4 is 16.8 Å². The molecule has 2 aromatic heterocycles. The van der Waals surface area contributed by atoms with Gasteiger partial charge in [0.15, 0.2) is 0 Å². The molecule has 1 aliphatic carbocycles. The van der Waals surface area contributed by atoms with Crippen LogP contribution in [-0.2, 0) is 4.74 Å². The number of hydrogen-bond donors (Lipinski definition) is 1. The van der Waals surface area contributed by atoms with Gasteiger partial charge in [-0.05, 0) is 25.0 Å². The molecule has 0 bridgehead atoms. The van der Waals surface area contributed by atoms with Gasteiger partial charge >= 0.3 is 0 Å². The van der Waals surface area contributed by atoms with E-state index in [1.165, 1.54) is 25.7 Å². The normalized spacial score (nSPS) is 16.4. The number of rotatable bonds is 5. The van der Waals surface area contributed by atoms with Crippen LogP contribution in [0.4, 0.5) is 5.82 Å². The molecule has 96 valence electrons. The lowest BCUT2D eigenvalue weighted by Gasteiger charge is -2.11. The molecular formula is C14H18N2O2. The van der Waals surface area contributed by atoms with Crippen molar-refractivity contribution in [3.8, 4) is 0 Å². The third-order valence-electron chi connectivity index (χ3n) is 3.43. The monoisotopic (exact) mass is 246 g/mol. The Morgan fingerprint density at radius 3 is 3.11 bits per heavy atom. The zero-order chi connectivity index (χ0) is 12.2. The summed E-state index contributed by atoms with van der Waals surface area (Å²) in [4.78, 5) is 4.32. The van der Waals surface area contributed by atoms with E-state index in [-0.39, 0.29) is 0 Å². The Kier molecular flexibility index (Phi) is 3.46. The molecule has 18 heavy (non-hydrogen) atoms. The Hall–Kier alpha value is -1.55.